The topological polar surface area (TPSA) is 33.2 Å². The van der Waals surface area contributed by atoms with Gasteiger partial charge in [0.15, 0.2) is 0 Å². The molecule has 3 heteroatoms. The van der Waals surface area contributed by atoms with E-state index >= 15 is 0 Å². The molecule has 0 aliphatic carbocycles. The van der Waals surface area contributed by atoms with Crippen LogP contribution in [-0.4, -0.2) is 28.4 Å². The molecule has 0 unspecified atom stereocenters. The average molecular weight is 344 g/mol. The van der Waals surface area contributed by atoms with Gasteiger partial charge in [-0.05, 0) is 37.1 Å². The van der Waals surface area contributed by atoms with Crippen LogP contribution in [0.4, 0.5) is 0 Å². The maximum Gasteiger partial charge on any atom is 0.272 e. The summed E-state index contributed by atoms with van der Waals surface area (Å²) in [5.41, 5.74) is 2.49. The number of aromatic nitrogens is 1. The van der Waals surface area contributed by atoms with E-state index in [9.17, 15) is 4.79 Å². The van der Waals surface area contributed by atoms with Crippen LogP contribution in [0, 0.1) is 0 Å². The van der Waals surface area contributed by atoms with Crippen molar-refractivity contribution < 1.29 is 4.79 Å². The van der Waals surface area contributed by atoms with Gasteiger partial charge in [0.2, 0.25) is 0 Å². The molecule has 1 atom stereocenters. The summed E-state index contributed by atoms with van der Waals surface area (Å²) in [5, 5.41) is 2.15. The number of benzene rings is 2. The molecular weight excluding hydrogens is 320 g/mol. The molecule has 0 radical (unpaired) electrons. The smallest absolute Gasteiger partial charge is 0.272 e. The summed E-state index contributed by atoms with van der Waals surface area (Å²) in [6.45, 7) is 3.01. The fraction of sp³-hybridized carbons (Fsp3) is 0.304. The van der Waals surface area contributed by atoms with Crippen LogP contribution in [0.25, 0.3) is 22.0 Å². The molecule has 1 amide bonds. The molecule has 0 saturated carbocycles. The first-order chi connectivity index (χ1) is 12.8. The van der Waals surface area contributed by atoms with Crippen molar-refractivity contribution in [3.8, 4) is 11.3 Å². The number of rotatable bonds is 3. The quantitative estimate of drug-likeness (QED) is 0.645. The standard InChI is InChI=1S/C23H24N2O/c1-2-19-13-8-9-15-25(19)23(26)21-16-18-12-6-7-14-20(18)22(24-21)17-10-4-3-5-11-17/h3-7,10-12,14,16,19H,2,8-9,13,15H2,1H3/t19-/m1/s1. The summed E-state index contributed by atoms with van der Waals surface area (Å²) in [6.07, 6.45) is 4.40. The molecule has 1 fully saturated rings. The van der Waals surface area contributed by atoms with E-state index in [0.717, 1.165) is 47.8 Å². The molecule has 0 spiro atoms. The summed E-state index contributed by atoms with van der Waals surface area (Å²) in [6, 6.07) is 20.6. The van der Waals surface area contributed by atoms with E-state index in [1.54, 1.807) is 0 Å². The van der Waals surface area contributed by atoms with Crippen LogP contribution in [-0.2, 0) is 0 Å². The number of fused-ring (bicyclic) bond motifs is 1. The Morgan fingerprint density at radius 1 is 1.08 bits per heavy atom. The number of carbonyl (C=O) groups is 1. The number of hydrogen-bond acceptors (Lipinski definition) is 2. The lowest BCUT2D eigenvalue weighted by Gasteiger charge is -2.35. The Kier molecular flexibility index (Phi) is 4.70. The van der Waals surface area contributed by atoms with Gasteiger partial charge in [0.25, 0.3) is 5.91 Å². The second kappa shape index (κ2) is 7.28. The van der Waals surface area contributed by atoms with Gasteiger partial charge in [-0.3, -0.25) is 4.79 Å². The number of amides is 1. The third-order valence-electron chi connectivity index (χ3n) is 5.37. The van der Waals surface area contributed by atoms with E-state index < -0.39 is 0 Å². The molecule has 0 bridgehead atoms. The van der Waals surface area contributed by atoms with Gasteiger partial charge < -0.3 is 4.90 Å². The maximum atomic E-state index is 13.3. The van der Waals surface area contributed by atoms with Crippen molar-refractivity contribution in [3.05, 3.63) is 66.4 Å². The molecule has 26 heavy (non-hydrogen) atoms. The Balaban J connectivity index is 1.82. The van der Waals surface area contributed by atoms with Crippen LogP contribution in [0.1, 0.15) is 43.1 Å². The van der Waals surface area contributed by atoms with Crippen molar-refractivity contribution in [2.75, 3.05) is 6.54 Å². The predicted molar refractivity (Wildman–Crippen MR) is 106 cm³/mol. The highest BCUT2D eigenvalue weighted by Gasteiger charge is 2.27. The molecule has 2 aromatic carbocycles. The first-order valence-corrected chi connectivity index (χ1v) is 9.54. The Morgan fingerprint density at radius 3 is 2.65 bits per heavy atom. The summed E-state index contributed by atoms with van der Waals surface area (Å²) < 4.78 is 0. The van der Waals surface area contributed by atoms with Crippen molar-refractivity contribution in [3.63, 3.8) is 0 Å². The fourth-order valence-corrected chi connectivity index (χ4v) is 3.96. The van der Waals surface area contributed by atoms with Crippen molar-refractivity contribution in [2.24, 2.45) is 0 Å². The molecule has 1 aliphatic heterocycles. The normalized spacial score (nSPS) is 17.4. The lowest BCUT2D eigenvalue weighted by Crippen LogP contribution is -2.43. The van der Waals surface area contributed by atoms with Crippen molar-refractivity contribution in [2.45, 2.75) is 38.6 Å². The Bertz CT molecular complexity index is 920. The number of piperidine rings is 1. The lowest BCUT2D eigenvalue weighted by atomic mass is 9.98. The second-order valence-electron chi connectivity index (χ2n) is 7.00. The predicted octanol–water partition coefficient (Wildman–Crippen LogP) is 5.31. The van der Waals surface area contributed by atoms with Crippen molar-refractivity contribution in [1.82, 2.24) is 9.88 Å². The zero-order valence-electron chi connectivity index (χ0n) is 15.2. The van der Waals surface area contributed by atoms with E-state index in [-0.39, 0.29) is 5.91 Å². The van der Waals surface area contributed by atoms with Gasteiger partial charge in [0.05, 0.1) is 5.69 Å². The van der Waals surface area contributed by atoms with Gasteiger partial charge >= 0.3 is 0 Å². The van der Waals surface area contributed by atoms with Gasteiger partial charge in [-0.2, -0.15) is 0 Å². The highest BCUT2D eigenvalue weighted by atomic mass is 16.2. The zero-order chi connectivity index (χ0) is 17.9. The van der Waals surface area contributed by atoms with Gasteiger partial charge in [0.1, 0.15) is 5.69 Å². The molecule has 2 heterocycles. The highest BCUT2D eigenvalue weighted by molar-refractivity contribution is 6.01. The summed E-state index contributed by atoms with van der Waals surface area (Å²) in [7, 11) is 0. The summed E-state index contributed by atoms with van der Waals surface area (Å²) >= 11 is 0. The largest absolute Gasteiger partial charge is 0.334 e. The number of carbonyl (C=O) groups excluding carboxylic acids is 1. The van der Waals surface area contributed by atoms with Crippen LogP contribution >= 0.6 is 0 Å². The number of nitrogens with zero attached hydrogens (tertiary/aromatic N) is 2. The minimum atomic E-state index is 0.0690. The van der Waals surface area contributed by atoms with Crippen LogP contribution < -0.4 is 0 Å². The Hall–Kier alpha value is -2.68. The summed E-state index contributed by atoms with van der Waals surface area (Å²) in [4.78, 5) is 20.1. The summed E-state index contributed by atoms with van der Waals surface area (Å²) in [5.74, 6) is 0.0690. The molecule has 4 rings (SSSR count). The van der Waals surface area contributed by atoms with Gasteiger partial charge in [0, 0.05) is 23.5 Å². The third kappa shape index (κ3) is 3.10. The number of pyridine rings is 1. The first-order valence-electron chi connectivity index (χ1n) is 9.54. The number of hydrogen-bond donors (Lipinski definition) is 0. The van der Waals surface area contributed by atoms with Crippen molar-refractivity contribution in [1.29, 1.82) is 0 Å². The monoisotopic (exact) mass is 344 g/mol. The van der Waals surface area contributed by atoms with Crippen LogP contribution in [0.15, 0.2) is 60.7 Å². The Labute approximate surface area is 154 Å². The maximum absolute atomic E-state index is 13.3. The van der Waals surface area contributed by atoms with Gasteiger partial charge in [-0.1, -0.05) is 61.5 Å². The van der Waals surface area contributed by atoms with E-state index in [1.807, 2.05) is 41.3 Å². The zero-order valence-corrected chi connectivity index (χ0v) is 15.2. The van der Waals surface area contributed by atoms with Crippen LogP contribution in [0.5, 0.6) is 0 Å². The van der Waals surface area contributed by atoms with Crippen LogP contribution in [0.3, 0.4) is 0 Å². The molecule has 132 valence electrons. The fourth-order valence-electron chi connectivity index (χ4n) is 3.96. The molecule has 3 aromatic rings. The number of likely N-dealkylation sites (tertiary alicyclic amines) is 1. The average Bonchev–Trinajstić information content (AvgIpc) is 2.73. The molecule has 3 nitrogen and oxygen atoms in total. The van der Waals surface area contributed by atoms with E-state index in [2.05, 4.69) is 31.2 Å². The first kappa shape index (κ1) is 16.8. The molecule has 1 saturated heterocycles. The van der Waals surface area contributed by atoms with E-state index in [4.69, 9.17) is 4.98 Å². The van der Waals surface area contributed by atoms with E-state index in [0.29, 0.717) is 11.7 Å². The second-order valence-corrected chi connectivity index (χ2v) is 7.00. The Morgan fingerprint density at radius 2 is 1.85 bits per heavy atom. The SMILES string of the molecule is CC[C@@H]1CCCCN1C(=O)c1cc2ccccc2c(-c2ccccc2)n1. The van der Waals surface area contributed by atoms with Crippen molar-refractivity contribution >= 4 is 16.7 Å². The minimum Gasteiger partial charge on any atom is -0.334 e. The molecule has 1 aromatic heterocycles. The molecular formula is C23H24N2O. The van der Waals surface area contributed by atoms with Gasteiger partial charge in [-0.15, -0.1) is 0 Å². The minimum absolute atomic E-state index is 0.0690. The van der Waals surface area contributed by atoms with Gasteiger partial charge in [-0.25, -0.2) is 4.98 Å². The van der Waals surface area contributed by atoms with Crippen LogP contribution in [0.2, 0.25) is 0 Å². The highest BCUT2D eigenvalue weighted by Crippen LogP contribution is 2.29. The molecule has 0 N–H and O–H groups in total. The third-order valence-corrected chi connectivity index (χ3v) is 5.37. The lowest BCUT2D eigenvalue weighted by molar-refractivity contribution is 0.0602. The van der Waals surface area contributed by atoms with E-state index in [1.165, 1.54) is 6.42 Å². The molecule has 1 aliphatic rings.